The Balaban J connectivity index is 2.81. The Morgan fingerprint density at radius 1 is 1.13 bits per heavy atom. The van der Waals surface area contributed by atoms with Gasteiger partial charge in [0.05, 0.1) is 5.92 Å². The van der Waals surface area contributed by atoms with Crippen LogP contribution >= 0.6 is 0 Å². The van der Waals surface area contributed by atoms with Crippen molar-refractivity contribution in [2.24, 2.45) is 11.3 Å². The summed E-state index contributed by atoms with van der Waals surface area (Å²) in [6, 6.07) is 7.21. The fourth-order valence-electron chi connectivity index (χ4n) is 2.42. The smallest absolute Gasteiger partial charge is 0.306 e. The number of aliphatic carboxylic acids is 2. The third-order valence-corrected chi connectivity index (χ3v) is 3.47. The predicted molar refractivity (Wildman–Crippen MR) is 86.5 cm³/mol. The van der Waals surface area contributed by atoms with E-state index >= 15 is 0 Å². The van der Waals surface area contributed by atoms with Crippen molar-refractivity contribution in [2.75, 3.05) is 0 Å². The average molecular weight is 320 g/mol. The number of hydrogen-bond donors (Lipinski definition) is 2. The first-order valence-corrected chi connectivity index (χ1v) is 7.65. The lowest BCUT2D eigenvalue weighted by Gasteiger charge is -2.18. The molecule has 0 saturated heterocycles. The summed E-state index contributed by atoms with van der Waals surface area (Å²) in [7, 11) is 0. The molecule has 0 heterocycles. The maximum Gasteiger partial charge on any atom is 0.306 e. The second kappa shape index (κ2) is 7.90. The van der Waals surface area contributed by atoms with Crippen LogP contribution in [-0.4, -0.2) is 27.9 Å². The van der Waals surface area contributed by atoms with E-state index in [1.165, 1.54) is 0 Å². The Morgan fingerprint density at radius 3 is 2.30 bits per heavy atom. The molecule has 0 aliphatic heterocycles. The van der Waals surface area contributed by atoms with Crippen molar-refractivity contribution in [1.82, 2.24) is 0 Å². The number of rotatable bonds is 8. The van der Waals surface area contributed by atoms with Gasteiger partial charge in [0.25, 0.3) is 0 Å². The third-order valence-electron chi connectivity index (χ3n) is 3.47. The highest BCUT2D eigenvalue weighted by molar-refractivity contribution is 5.98. The molecule has 2 N–H and O–H groups in total. The van der Waals surface area contributed by atoms with E-state index in [0.29, 0.717) is 5.56 Å². The molecule has 0 saturated carbocycles. The van der Waals surface area contributed by atoms with Gasteiger partial charge in [-0.1, -0.05) is 39.0 Å². The van der Waals surface area contributed by atoms with Gasteiger partial charge in [0, 0.05) is 18.4 Å². The Bertz CT molecular complexity index is 583. The van der Waals surface area contributed by atoms with Crippen LogP contribution in [0.15, 0.2) is 24.3 Å². The molecule has 0 aromatic heterocycles. The summed E-state index contributed by atoms with van der Waals surface area (Å²) >= 11 is 0. The normalized spacial score (nSPS) is 12.7. The van der Waals surface area contributed by atoms with Crippen molar-refractivity contribution in [1.29, 1.82) is 0 Å². The molecule has 126 valence electrons. The molecule has 1 atom stereocenters. The van der Waals surface area contributed by atoms with Crippen LogP contribution in [0.5, 0.6) is 0 Å². The summed E-state index contributed by atoms with van der Waals surface area (Å²) < 4.78 is 0. The van der Waals surface area contributed by atoms with Gasteiger partial charge in [0.1, 0.15) is 0 Å². The van der Waals surface area contributed by atoms with E-state index in [-0.39, 0.29) is 30.5 Å². The van der Waals surface area contributed by atoms with Crippen molar-refractivity contribution in [2.45, 2.75) is 46.5 Å². The van der Waals surface area contributed by atoms with Crippen molar-refractivity contribution >= 4 is 17.7 Å². The Labute approximate surface area is 136 Å². The molecule has 0 radical (unpaired) electrons. The fourth-order valence-corrected chi connectivity index (χ4v) is 2.42. The largest absolute Gasteiger partial charge is 0.481 e. The molecule has 0 unspecified atom stereocenters. The van der Waals surface area contributed by atoms with Gasteiger partial charge in [0.15, 0.2) is 5.78 Å². The first-order chi connectivity index (χ1) is 10.6. The van der Waals surface area contributed by atoms with E-state index in [1.54, 1.807) is 18.2 Å². The Morgan fingerprint density at radius 2 is 1.78 bits per heavy atom. The molecule has 23 heavy (non-hydrogen) atoms. The summed E-state index contributed by atoms with van der Waals surface area (Å²) in [5.74, 6) is -3.43. The molecule has 1 aromatic carbocycles. The minimum absolute atomic E-state index is 0.0436. The number of Topliss-reactive ketones (excluding diaryl/α,β-unsaturated/α-hetero) is 1. The molecule has 0 amide bonds. The highest BCUT2D eigenvalue weighted by Crippen LogP contribution is 2.22. The van der Waals surface area contributed by atoms with Gasteiger partial charge in [-0.2, -0.15) is 0 Å². The number of benzene rings is 1. The van der Waals surface area contributed by atoms with Gasteiger partial charge in [-0.3, -0.25) is 14.4 Å². The van der Waals surface area contributed by atoms with Crippen molar-refractivity contribution in [3.8, 4) is 0 Å². The standard InChI is InChI=1S/C18H24O5/c1-18(2,3)11-12-5-4-6-13(9-12)15(19)10-14(17(22)23)7-8-16(20)21/h4-6,9,14H,7-8,10-11H2,1-3H3,(H,20,21)(H,22,23)/t14-/m0/s1. The molecule has 0 aliphatic carbocycles. The molecule has 0 spiro atoms. The lowest BCUT2D eigenvalue weighted by atomic mass is 9.87. The lowest BCUT2D eigenvalue weighted by molar-refractivity contribution is -0.142. The highest BCUT2D eigenvalue weighted by Gasteiger charge is 2.23. The first-order valence-electron chi connectivity index (χ1n) is 7.65. The zero-order chi connectivity index (χ0) is 17.6. The molecular weight excluding hydrogens is 296 g/mol. The highest BCUT2D eigenvalue weighted by atomic mass is 16.4. The van der Waals surface area contributed by atoms with Crippen LogP contribution in [-0.2, 0) is 16.0 Å². The lowest BCUT2D eigenvalue weighted by Crippen LogP contribution is -2.19. The first kappa shape index (κ1) is 18.9. The van der Waals surface area contributed by atoms with Gasteiger partial charge in [-0.05, 0) is 29.9 Å². The molecule has 1 aromatic rings. The zero-order valence-electron chi connectivity index (χ0n) is 13.8. The SMILES string of the molecule is CC(C)(C)Cc1cccc(C(=O)C[C@H](CCC(=O)O)C(=O)O)c1. The minimum Gasteiger partial charge on any atom is -0.481 e. The zero-order valence-corrected chi connectivity index (χ0v) is 13.8. The number of carboxylic acids is 2. The number of carbonyl (C=O) groups is 3. The maximum absolute atomic E-state index is 12.3. The summed E-state index contributed by atoms with van der Waals surface area (Å²) in [4.78, 5) is 34.1. The number of carbonyl (C=O) groups excluding carboxylic acids is 1. The van der Waals surface area contributed by atoms with Crippen molar-refractivity contribution in [3.63, 3.8) is 0 Å². The summed E-state index contributed by atoms with van der Waals surface area (Å²) in [6.45, 7) is 6.32. The van der Waals surface area contributed by atoms with Crippen LogP contribution in [0.1, 0.15) is 56.0 Å². The van der Waals surface area contributed by atoms with E-state index in [1.807, 2.05) is 6.07 Å². The van der Waals surface area contributed by atoms with Gasteiger partial charge >= 0.3 is 11.9 Å². The Kier molecular flexibility index (Phi) is 6.49. The number of carboxylic acid groups (broad SMARTS) is 2. The van der Waals surface area contributed by atoms with Crippen molar-refractivity contribution < 1.29 is 24.6 Å². The van der Waals surface area contributed by atoms with E-state index in [4.69, 9.17) is 10.2 Å². The van der Waals surface area contributed by atoms with Gasteiger partial charge < -0.3 is 10.2 Å². The van der Waals surface area contributed by atoms with Crippen LogP contribution in [0.2, 0.25) is 0 Å². The average Bonchev–Trinajstić information content (AvgIpc) is 2.41. The van der Waals surface area contributed by atoms with Crippen LogP contribution in [0.4, 0.5) is 0 Å². The fraction of sp³-hybridized carbons (Fsp3) is 0.500. The molecule has 0 aliphatic rings. The van der Waals surface area contributed by atoms with E-state index < -0.39 is 17.9 Å². The molecule has 5 heteroatoms. The van der Waals surface area contributed by atoms with Crippen LogP contribution in [0.3, 0.4) is 0 Å². The van der Waals surface area contributed by atoms with Crippen LogP contribution in [0, 0.1) is 11.3 Å². The maximum atomic E-state index is 12.3. The summed E-state index contributed by atoms with van der Waals surface area (Å²) in [5, 5.41) is 17.8. The van der Waals surface area contributed by atoms with Crippen LogP contribution in [0.25, 0.3) is 0 Å². The predicted octanol–water partition coefficient (Wildman–Crippen LogP) is 3.41. The summed E-state index contributed by atoms with van der Waals surface area (Å²) in [6.07, 6.45) is 0.337. The summed E-state index contributed by atoms with van der Waals surface area (Å²) in [5.41, 5.74) is 1.60. The monoisotopic (exact) mass is 320 g/mol. The second-order valence-electron chi connectivity index (χ2n) is 7.03. The van der Waals surface area contributed by atoms with Crippen molar-refractivity contribution in [3.05, 3.63) is 35.4 Å². The minimum atomic E-state index is -1.13. The van der Waals surface area contributed by atoms with Crippen LogP contribution < -0.4 is 0 Å². The molecule has 0 fully saturated rings. The van der Waals surface area contributed by atoms with Gasteiger partial charge in [0.2, 0.25) is 0 Å². The number of ketones is 1. The molecular formula is C18H24O5. The Hall–Kier alpha value is -2.17. The van der Waals surface area contributed by atoms with E-state index in [0.717, 1.165) is 12.0 Å². The second-order valence-corrected chi connectivity index (χ2v) is 7.03. The van der Waals surface area contributed by atoms with Gasteiger partial charge in [-0.15, -0.1) is 0 Å². The number of hydrogen-bond acceptors (Lipinski definition) is 3. The third kappa shape index (κ3) is 7.08. The topological polar surface area (TPSA) is 91.7 Å². The molecule has 1 rings (SSSR count). The van der Waals surface area contributed by atoms with Gasteiger partial charge in [-0.25, -0.2) is 0 Å². The van der Waals surface area contributed by atoms with E-state index in [2.05, 4.69) is 20.8 Å². The quantitative estimate of drug-likeness (QED) is 0.716. The molecule has 0 bridgehead atoms. The van der Waals surface area contributed by atoms with E-state index in [9.17, 15) is 14.4 Å². The molecule has 5 nitrogen and oxygen atoms in total.